The van der Waals surface area contributed by atoms with Gasteiger partial charge in [0.1, 0.15) is 11.3 Å². The van der Waals surface area contributed by atoms with Crippen molar-refractivity contribution in [3.63, 3.8) is 0 Å². The number of rotatable bonds is 2. The number of thiocarbonyl (C=S) groups is 1. The van der Waals surface area contributed by atoms with Gasteiger partial charge in [0.25, 0.3) is 5.91 Å². The van der Waals surface area contributed by atoms with Gasteiger partial charge in [0.2, 0.25) is 0 Å². The minimum atomic E-state index is -0.310. The number of nitrogens with one attached hydrogen (secondary N) is 3. The summed E-state index contributed by atoms with van der Waals surface area (Å²) in [4.78, 5) is 17.0. The molecule has 8 heteroatoms. The molecule has 3 aromatic rings. The fourth-order valence-corrected chi connectivity index (χ4v) is 2.89. The first-order chi connectivity index (χ1) is 12.0. The average molecular weight is 418 g/mol. The lowest BCUT2D eigenvalue weighted by Crippen LogP contribution is -2.44. The highest BCUT2D eigenvalue weighted by Gasteiger charge is 2.17. The Hall–Kier alpha value is -2.45. The number of hydrogen-bond donors (Lipinski definition) is 3. The monoisotopic (exact) mass is 417 g/mol. The number of carbonyl (C=O) groups is 1. The molecule has 0 radical (unpaired) electrons. The summed E-state index contributed by atoms with van der Waals surface area (Å²) in [7, 11) is 0. The number of amides is 1. The lowest BCUT2D eigenvalue weighted by molar-refractivity contribution is 0.0937. The van der Waals surface area contributed by atoms with Gasteiger partial charge in [-0.25, -0.2) is 4.98 Å². The summed E-state index contributed by atoms with van der Waals surface area (Å²) in [5.41, 5.74) is 9.02. The van der Waals surface area contributed by atoms with Crippen LogP contribution in [0.3, 0.4) is 0 Å². The molecule has 2 heterocycles. The van der Waals surface area contributed by atoms with Crippen LogP contribution in [0.1, 0.15) is 21.7 Å². The summed E-state index contributed by atoms with van der Waals surface area (Å²) in [5.74, 6) is -0.310. The maximum atomic E-state index is 12.5. The Labute approximate surface area is 158 Å². The fraction of sp³-hybridized carbons (Fsp3) is 0.118. The Bertz CT molecular complexity index is 952. The summed E-state index contributed by atoms with van der Waals surface area (Å²) in [6.07, 6.45) is 1.82. The number of nitrogens with zero attached hydrogens (tertiary/aromatic N) is 2. The van der Waals surface area contributed by atoms with Crippen LogP contribution < -0.4 is 16.2 Å². The third-order valence-corrected chi connectivity index (χ3v) is 4.36. The molecular weight excluding hydrogens is 402 g/mol. The predicted octanol–water partition coefficient (Wildman–Crippen LogP) is 3.35. The maximum absolute atomic E-state index is 12.5. The number of pyridine rings is 1. The molecule has 1 aromatic carbocycles. The molecular formula is C17H16BrN5OS. The number of hydrazine groups is 1. The van der Waals surface area contributed by atoms with Crippen LogP contribution in [0.25, 0.3) is 5.65 Å². The molecule has 0 bridgehead atoms. The first kappa shape index (κ1) is 17.4. The van der Waals surface area contributed by atoms with Gasteiger partial charge in [0, 0.05) is 16.4 Å². The van der Waals surface area contributed by atoms with Crippen LogP contribution in [0.15, 0.2) is 47.1 Å². The number of aryl methyl sites for hydroxylation is 2. The van der Waals surface area contributed by atoms with Gasteiger partial charge in [-0.15, -0.1) is 0 Å². The molecule has 25 heavy (non-hydrogen) atoms. The molecule has 0 aliphatic carbocycles. The van der Waals surface area contributed by atoms with E-state index in [1.165, 1.54) is 0 Å². The van der Waals surface area contributed by atoms with Gasteiger partial charge in [-0.1, -0.05) is 22.0 Å². The number of hydrogen-bond acceptors (Lipinski definition) is 3. The summed E-state index contributed by atoms with van der Waals surface area (Å²) < 4.78 is 2.75. The quantitative estimate of drug-likeness (QED) is 0.440. The molecule has 3 rings (SSSR count). The third kappa shape index (κ3) is 3.80. The second-order valence-electron chi connectivity index (χ2n) is 5.47. The molecule has 0 aliphatic rings. The van der Waals surface area contributed by atoms with Crippen molar-refractivity contribution in [2.45, 2.75) is 13.8 Å². The molecule has 0 aliphatic heterocycles. The molecule has 0 fully saturated rings. The van der Waals surface area contributed by atoms with Gasteiger partial charge in [-0.2, -0.15) is 0 Å². The van der Waals surface area contributed by atoms with E-state index in [0.717, 1.165) is 21.4 Å². The van der Waals surface area contributed by atoms with Gasteiger partial charge in [0.05, 0.1) is 5.69 Å². The van der Waals surface area contributed by atoms with Crippen LogP contribution in [0.2, 0.25) is 0 Å². The summed E-state index contributed by atoms with van der Waals surface area (Å²) >= 11 is 8.57. The summed E-state index contributed by atoms with van der Waals surface area (Å²) in [6.45, 7) is 3.76. The van der Waals surface area contributed by atoms with E-state index in [9.17, 15) is 4.79 Å². The van der Waals surface area contributed by atoms with Crippen LogP contribution in [-0.4, -0.2) is 20.4 Å². The largest absolute Gasteiger partial charge is 0.331 e. The van der Waals surface area contributed by atoms with Crippen molar-refractivity contribution in [2.24, 2.45) is 0 Å². The van der Waals surface area contributed by atoms with Crippen molar-refractivity contribution in [3.05, 3.63) is 64.0 Å². The van der Waals surface area contributed by atoms with E-state index in [1.807, 2.05) is 49.5 Å². The van der Waals surface area contributed by atoms with Gasteiger partial charge in [0.15, 0.2) is 5.11 Å². The first-order valence-electron chi connectivity index (χ1n) is 7.53. The molecule has 6 nitrogen and oxygen atoms in total. The lowest BCUT2D eigenvalue weighted by Gasteiger charge is -2.12. The highest BCUT2D eigenvalue weighted by atomic mass is 79.9. The Morgan fingerprint density at radius 2 is 1.88 bits per heavy atom. The van der Waals surface area contributed by atoms with Crippen molar-refractivity contribution >= 4 is 50.5 Å². The van der Waals surface area contributed by atoms with Gasteiger partial charge in [-0.3, -0.25) is 20.0 Å². The molecule has 3 N–H and O–H groups in total. The van der Waals surface area contributed by atoms with Crippen LogP contribution in [0, 0.1) is 13.8 Å². The van der Waals surface area contributed by atoms with Crippen LogP contribution in [0.4, 0.5) is 5.69 Å². The molecule has 2 aromatic heterocycles. The van der Waals surface area contributed by atoms with Gasteiger partial charge < -0.3 is 5.32 Å². The Balaban J connectivity index is 1.68. The predicted molar refractivity (Wildman–Crippen MR) is 106 cm³/mol. The SMILES string of the molecule is Cc1nc2c(C)cccn2c1C(=O)NNC(=S)Nc1ccc(Br)cc1. The molecule has 1 amide bonds. The summed E-state index contributed by atoms with van der Waals surface area (Å²) in [5, 5.41) is 3.28. The third-order valence-electron chi connectivity index (χ3n) is 3.63. The van der Waals surface area contributed by atoms with Crippen LogP contribution >= 0.6 is 28.1 Å². The number of fused-ring (bicyclic) bond motifs is 1. The number of carbonyl (C=O) groups excluding carboxylic acids is 1. The summed E-state index contributed by atoms with van der Waals surface area (Å²) in [6, 6.07) is 11.4. The van der Waals surface area contributed by atoms with Crippen molar-refractivity contribution < 1.29 is 4.79 Å². The van der Waals surface area contributed by atoms with E-state index in [2.05, 4.69) is 37.1 Å². The van der Waals surface area contributed by atoms with E-state index in [0.29, 0.717) is 16.5 Å². The number of aromatic nitrogens is 2. The Morgan fingerprint density at radius 3 is 2.60 bits per heavy atom. The van der Waals surface area contributed by atoms with Gasteiger partial charge in [-0.05, 0) is 62.0 Å². The Morgan fingerprint density at radius 1 is 1.16 bits per heavy atom. The molecule has 0 spiro atoms. The second kappa shape index (κ2) is 7.20. The minimum absolute atomic E-state index is 0.290. The second-order valence-corrected chi connectivity index (χ2v) is 6.79. The number of benzene rings is 1. The number of anilines is 1. The van der Waals surface area contributed by atoms with Crippen LogP contribution in [-0.2, 0) is 0 Å². The van der Waals surface area contributed by atoms with Crippen LogP contribution in [0.5, 0.6) is 0 Å². The zero-order valence-electron chi connectivity index (χ0n) is 13.6. The van der Waals surface area contributed by atoms with Crippen molar-refractivity contribution in [1.82, 2.24) is 20.2 Å². The smallest absolute Gasteiger partial charge is 0.288 e. The van der Waals surface area contributed by atoms with E-state index < -0.39 is 0 Å². The highest BCUT2D eigenvalue weighted by Crippen LogP contribution is 2.15. The fourth-order valence-electron chi connectivity index (χ4n) is 2.46. The Kier molecular flexibility index (Phi) is 5.00. The minimum Gasteiger partial charge on any atom is -0.331 e. The average Bonchev–Trinajstić information content (AvgIpc) is 2.92. The molecule has 0 saturated heterocycles. The molecule has 0 saturated carbocycles. The van der Waals surface area contributed by atoms with Crippen molar-refractivity contribution in [3.8, 4) is 0 Å². The topological polar surface area (TPSA) is 70.5 Å². The van der Waals surface area contributed by atoms with E-state index in [1.54, 1.807) is 11.3 Å². The molecule has 128 valence electrons. The zero-order valence-corrected chi connectivity index (χ0v) is 16.0. The highest BCUT2D eigenvalue weighted by molar-refractivity contribution is 9.10. The maximum Gasteiger partial charge on any atom is 0.288 e. The van der Waals surface area contributed by atoms with Crippen molar-refractivity contribution in [2.75, 3.05) is 5.32 Å². The first-order valence-corrected chi connectivity index (χ1v) is 8.73. The van der Waals surface area contributed by atoms with E-state index >= 15 is 0 Å². The molecule has 0 atom stereocenters. The lowest BCUT2D eigenvalue weighted by atomic mass is 10.3. The van der Waals surface area contributed by atoms with E-state index in [4.69, 9.17) is 12.2 Å². The number of halogens is 1. The van der Waals surface area contributed by atoms with Crippen molar-refractivity contribution in [1.29, 1.82) is 0 Å². The standard InChI is InChI=1S/C17H16BrN5OS/c1-10-4-3-9-23-14(11(2)19-15(10)23)16(24)21-22-17(25)20-13-7-5-12(18)6-8-13/h3-9H,1-2H3,(H,21,24)(H2,20,22,25). The van der Waals surface area contributed by atoms with E-state index in [-0.39, 0.29) is 5.91 Å². The zero-order chi connectivity index (χ0) is 18.0. The molecule has 0 unspecified atom stereocenters. The number of imidazole rings is 1. The normalized spacial score (nSPS) is 10.5. The van der Waals surface area contributed by atoms with Gasteiger partial charge >= 0.3 is 0 Å².